The number of benzene rings is 2. The number of halogens is 1. The van der Waals surface area contributed by atoms with Gasteiger partial charge in [0.05, 0.1) is 11.9 Å². The van der Waals surface area contributed by atoms with Gasteiger partial charge in [0.15, 0.2) is 0 Å². The Morgan fingerprint density at radius 3 is 2.44 bits per heavy atom. The molecule has 0 aliphatic rings. The predicted molar refractivity (Wildman–Crippen MR) is 105 cm³/mol. The van der Waals surface area contributed by atoms with E-state index in [0.717, 1.165) is 53.8 Å². The maximum Gasteiger partial charge on any atom is 0.136 e. The molecular weight excluding hydrogens is 332 g/mol. The number of nitrogens with zero attached hydrogens (tertiary/aromatic N) is 2. The lowest BCUT2D eigenvalue weighted by molar-refractivity contribution is 0.312. The van der Waals surface area contributed by atoms with Gasteiger partial charge in [0.25, 0.3) is 0 Å². The predicted octanol–water partition coefficient (Wildman–Crippen LogP) is 5.00. The van der Waals surface area contributed by atoms with E-state index in [0.29, 0.717) is 5.02 Å². The molecule has 0 saturated carbocycles. The third-order valence-corrected chi connectivity index (χ3v) is 4.62. The number of fused-ring (bicyclic) bond motifs is 1. The van der Waals surface area contributed by atoms with Crippen molar-refractivity contribution in [2.45, 2.75) is 13.8 Å². The van der Waals surface area contributed by atoms with Crippen LogP contribution < -0.4 is 5.36 Å². The highest BCUT2D eigenvalue weighted by molar-refractivity contribution is 6.30. The first-order valence-corrected chi connectivity index (χ1v) is 9.10. The molecule has 0 aliphatic heterocycles. The average Bonchev–Trinajstić information content (AvgIpc) is 2.65. The van der Waals surface area contributed by atoms with Crippen LogP contribution in [-0.2, 0) is 0 Å². The third kappa shape index (κ3) is 4.30. The Kier molecular flexibility index (Phi) is 5.90. The van der Waals surface area contributed by atoms with E-state index in [1.54, 1.807) is 0 Å². The zero-order valence-corrected chi connectivity index (χ0v) is 15.5. The maximum atomic E-state index is 6.08. The summed E-state index contributed by atoms with van der Waals surface area (Å²) in [6, 6.07) is 17.7. The molecule has 3 aromatic rings. The number of likely N-dealkylation sites (N-methyl/N-ethyl adjacent to an activating group) is 1. The molecule has 2 aromatic carbocycles. The van der Waals surface area contributed by atoms with E-state index in [2.05, 4.69) is 24.8 Å². The normalized spacial score (nSPS) is 12.2. The van der Waals surface area contributed by atoms with E-state index in [1.165, 1.54) is 0 Å². The van der Waals surface area contributed by atoms with E-state index in [-0.39, 0.29) is 0 Å². The second-order valence-corrected chi connectivity index (χ2v) is 6.34. The van der Waals surface area contributed by atoms with Crippen molar-refractivity contribution >= 4 is 22.6 Å². The molecule has 25 heavy (non-hydrogen) atoms. The summed E-state index contributed by atoms with van der Waals surface area (Å²) in [5.74, 6) is 0.803. The minimum Gasteiger partial charge on any atom is -0.456 e. The lowest BCUT2D eigenvalue weighted by Crippen LogP contribution is -2.26. The van der Waals surface area contributed by atoms with Gasteiger partial charge < -0.3 is 9.32 Å². The fraction of sp³-hybridized carbons (Fsp3) is 0.286. The van der Waals surface area contributed by atoms with E-state index >= 15 is 0 Å². The molecule has 1 aromatic heterocycles. The largest absolute Gasteiger partial charge is 0.456 e. The van der Waals surface area contributed by atoms with Crippen molar-refractivity contribution in [1.82, 2.24) is 4.90 Å². The van der Waals surface area contributed by atoms with Gasteiger partial charge in [-0.15, -0.1) is 0 Å². The molecule has 0 spiro atoms. The highest BCUT2D eigenvalue weighted by atomic mass is 35.5. The molecule has 0 atom stereocenters. The van der Waals surface area contributed by atoms with Crippen LogP contribution >= 0.6 is 11.6 Å². The summed E-state index contributed by atoms with van der Waals surface area (Å²) in [6.07, 6.45) is 0. The zero-order chi connectivity index (χ0) is 17.6. The first kappa shape index (κ1) is 17.7. The summed E-state index contributed by atoms with van der Waals surface area (Å²) in [6.45, 7) is 8.19. The van der Waals surface area contributed by atoms with Gasteiger partial charge in [-0.25, -0.2) is 0 Å². The van der Waals surface area contributed by atoms with Crippen molar-refractivity contribution in [3.63, 3.8) is 0 Å². The first-order valence-electron chi connectivity index (χ1n) is 8.73. The van der Waals surface area contributed by atoms with Gasteiger partial charge in [0.2, 0.25) is 0 Å². The Balaban J connectivity index is 2.02. The van der Waals surface area contributed by atoms with Crippen molar-refractivity contribution < 1.29 is 4.42 Å². The fourth-order valence-corrected chi connectivity index (χ4v) is 2.98. The molecule has 0 N–H and O–H groups in total. The van der Waals surface area contributed by atoms with Crippen LogP contribution in [0, 0.1) is 0 Å². The molecular formula is C21H23ClN2O. The SMILES string of the molecule is CCN(CC)CCN=c1cc(-c2ccc(Cl)cc2)oc2ccccc12. The molecule has 3 rings (SSSR count). The van der Waals surface area contributed by atoms with Crippen LogP contribution in [0.25, 0.3) is 22.3 Å². The van der Waals surface area contributed by atoms with E-state index in [9.17, 15) is 0 Å². The van der Waals surface area contributed by atoms with Crippen LogP contribution in [0.15, 0.2) is 64.0 Å². The molecule has 0 bridgehead atoms. The minimum atomic E-state index is 0.716. The van der Waals surface area contributed by atoms with Crippen LogP contribution in [-0.4, -0.2) is 31.1 Å². The Labute approximate surface area is 153 Å². The van der Waals surface area contributed by atoms with Gasteiger partial charge in [-0.1, -0.05) is 37.6 Å². The summed E-state index contributed by atoms with van der Waals surface area (Å²) in [5.41, 5.74) is 1.84. The highest BCUT2D eigenvalue weighted by Crippen LogP contribution is 2.23. The van der Waals surface area contributed by atoms with Gasteiger partial charge >= 0.3 is 0 Å². The Morgan fingerprint density at radius 2 is 1.72 bits per heavy atom. The van der Waals surface area contributed by atoms with Crippen LogP contribution in [0.3, 0.4) is 0 Å². The van der Waals surface area contributed by atoms with Crippen molar-refractivity contribution in [3.05, 3.63) is 65.0 Å². The van der Waals surface area contributed by atoms with Crippen molar-refractivity contribution in [2.75, 3.05) is 26.2 Å². The van der Waals surface area contributed by atoms with Crippen LogP contribution in [0.1, 0.15) is 13.8 Å². The molecule has 1 heterocycles. The van der Waals surface area contributed by atoms with Gasteiger partial charge in [-0.2, -0.15) is 0 Å². The number of para-hydroxylation sites is 1. The Morgan fingerprint density at radius 1 is 1.00 bits per heavy atom. The van der Waals surface area contributed by atoms with Gasteiger partial charge in [0, 0.05) is 28.6 Å². The van der Waals surface area contributed by atoms with Crippen LogP contribution in [0.4, 0.5) is 0 Å². The lowest BCUT2D eigenvalue weighted by atomic mass is 10.1. The number of rotatable bonds is 6. The molecule has 0 aliphatic carbocycles. The topological polar surface area (TPSA) is 28.7 Å². The summed E-state index contributed by atoms with van der Waals surface area (Å²) >= 11 is 6.00. The fourth-order valence-electron chi connectivity index (χ4n) is 2.86. The summed E-state index contributed by atoms with van der Waals surface area (Å²) in [5, 5.41) is 2.73. The molecule has 3 nitrogen and oxygen atoms in total. The Bertz CT molecular complexity index is 896. The van der Waals surface area contributed by atoms with E-state index in [1.807, 2.05) is 48.5 Å². The van der Waals surface area contributed by atoms with E-state index < -0.39 is 0 Å². The van der Waals surface area contributed by atoms with Gasteiger partial charge in [0.1, 0.15) is 11.3 Å². The smallest absolute Gasteiger partial charge is 0.136 e. The van der Waals surface area contributed by atoms with Gasteiger partial charge in [-0.05, 0) is 49.5 Å². The number of hydrogen-bond donors (Lipinski definition) is 0. The minimum absolute atomic E-state index is 0.716. The summed E-state index contributed by atoms with van der Waals surface area (Å²) in [7, 11) is 0. The van der Waals surface area contributed by atoms with Crippen molar-refractivity contribution in [2.24, 2.45) is 4.99 Å². The first-order chi connectivity index (χ1) is 12.2. The van der Waals surface area contributed by atoms with Crippen molar-refractivity contribution in [1.29, 1.82) is 0 Å². The monoisotopic (exact) mass is 354 g/mol. The lowest BCUT2D eigenvalue weighted by Gasteiger charge is -2.16. The quantitative estimate of drug-likeness (QED) is 0.623. The molecule has 0 radical (unpaired) electrons. The van der Waals surface area contributed by atoms with Crippen LogP contribution in [0.5, 0.6) is 0 Å². The molecule has 0 fully saturated rings. The highest BCUT2D eigenvalue weighted by Gasteiger charge is 2.06. The summed E-state index contributed by atoms with van der Waals surface area (Å²) < 4.78 is 6.08. The third-order valence-electron chi connectivity index (χ3n) is 4.37. The molecule has 130 valence electrons. The second kappa shape index (κ2) is 8.32. The average molecular weight is 355 g/mol. The zero-order valence-electron chi connectivity index (χ0n) is 14.7. The standard InChI is InChI=1S/C21H23ClN2O/c1-3-24(4-2)14-13-23-19-15-21(16-9-11-17(22)12-10-16)25-20-8-6-5-7-18(19)20/h5-12,15H,3-4,13-14H2,1-2H3. The summed E-state index contributed by atoms with van der Waals surface area (Å²) in [4.78, 5) is 7.22. The Hall–Kier alpha value is -2.10. The van der Waals surface area contributed by atoms with Gasteiger partial charge in [-0.3, -0.25) is 4.99 Å². The van der Waals surface area contributed by atoms with E-state index in [4.69, 9.17) is 21.0 Å². The second-order valence-electron chi connectivity index (χ2n) is 5.91. The number of hydrogen-bond acceptors (Lipinski definition) is 3. The van der Waals surface area contributed by atoms with Crippen molar-refractivity contribution in [3.8, 4) is 11.3 Å². The molecule has 0 unspecified atom stereocenters. The van der Waals surface area contributed by atoms with Crippen LogP contribution in [0.2, 0.25) is 5.02 Å². The maximum absolute atomic E-state index is 6.08. The molecule has 4 heteroatoms. The molecule has 0 saturated heterocycles. The molecule has 0 amide bonds.